The zero-order valence-corrected chi connectivity index (χ0v) is 21.9. The number of pyridine rings is 1. The second-order valence-electron chi connectivity index (χ2n) is 8.35. The summed E-state index contributed by atoms with van der Waals surface area (Å²) in [6.07, 6.45) is 4.13. The van der Waals surface area contributed by atoms with Gasteiger partial charge in [0.25, 0.3) is 11.8 Å². The second-order valence-corrected chi connectivity index (χ2v) is 10.4. The van der Waals surface area contributed by atoms with Crippen LogP contribution in [0.4, 0.5) is 10.6 Å². The van der Waals surface area contributed by atoms with Gasteiger partial charge in [0.05, 0.1) is 5.39 Å². The number of rotatable bonds is 7. The van der Waals surface area contributed by atoms with Crippen LogP contribution in [0.3, 0.4) is 0 Å². The lowest BCUT2D eigenvalue weighted by Crippen LogP contribution is -2.71. The molecule has 5 N–H and O–H groups in total. The van der Waals surface area contributed by atoms with Crippen molar-refractivity contribution in [3.63, 3.8) is 0 Å². The molecule has 0 saturated carbocycles. The van der Waals surface area contributed by atoms with Crippen LogP contribution in [-0.4, -0.2) is 73.8 Å². The summed E-state index contributed by atoms with van der Waals surface area (Å²) in [5.74, 6) is -2.61. The lowest BCUT2D eigenvalue weighted by Gasteiger charge is -2.49. The molecule has 3 amide bonds. The number of oxime groups is 1. The largest absolute Gasteiger partial charge is 0.477 e. The third-order valence-corrected chi connectivity index (χ3v) is 8.12. The molecule has 1 saturated heterocycles. The van der Waals surface area contributed by atoms with E-state index in [1.165, 1.54) is 36.0 Å². The first-order chi connectivity index (χ1) is 18.8. The van der Waals surface area contributed by atoms with Gasteiger partial charge in [-0.15, -0.1) is 23.1 Å². The van der Waals surface area contributed by atoms with E-state index in [1.54, 1.807) is 11.3 Å². The zero-order chi connectivity index (χ0) is 27.7. The Labute approximate surface area is 228 Å². The molecule has 39 heavy (non-hydrogen) atoms. The standard InChI is InChI=1S/C23H20N8O6S2/c1-25-23(36)37-29-15(18-26-5-2-14(24)27-18)19(32)28-16-20(33)31-17(22(34)35)12(10-39-21(16)31)9-30-6-3-13-11(8-30)4-7-38-13/h2-8,16,21H,9-10H2,1H3,(H4-,24,25,26,27,28,32,34,35,36)/p+1/t16?,21-/m0/s1. The molecule has 200 valence electrons. The van der Waals surface area contributed by atoms with Gasteiger partial charge in [-0.2, -0.15) is 0 Å². The minimum absolute atomic E-state index is 0.0361. The number of fused-ring (bicyclic) bond motifs is 2. The number of carboxylic acids is 1. The number of hydrogen-bond donors (Lipinski definition) is 4. The van der Waals surface area contributed by atoms with Crippen LogP contribution in [0.2, 0.25) is 0 Å². The smallest absolute Gasteiger partial charge is 0.433 e. The summed E-state index contributed by atoms with van der Waals surface area (Å²) in [7, 11) is 1.30. The molecule has 3 aromatic heterocycles. The van der Waals surface area contributed by atoms with E-state index in [9.17, 15) is 24.3 Å². The minimum atomic E-state index is -1.24. The topological polar surface area (TPSA) is 193 Å². The van der Waals surface area contributed by atoms with Crippen molar-refractivity contribution in [2.75, 3.05) is 18.5 Å². The summed E-state index contributed by atoms with van der Waals surface area (Å²) < 4.78 is 2.99. The Morgan fingerprint density at radius 2 is 2.15 bits per heavy atom. The van der Waals surface area contributed by atoms with Crippen LogP contribution in [-0.2, 0) is 25.8 Å². The Balaban J connectivity index is 1.36. The highest BCUT2D eigenvalue weighted by molar-refractivity contribution is 8.00. The highest BCUT2D eigenvalue weighted by Gasteiger charge is 2.54. The molecule has 0 aromatic carbocycles. The van der Waals surface area contributed by atoms with Crippen molar-refractivity contribution in [2.24, 2.45) is 5.16 Å². The maximum atomic E-state index is 13.1. The van der Waals surface area contributed by atoms with E-state index in [0.29, 0.717) is 11.3 Å². The second kappa shape index (κ2) is 10.7. The molecule has 14 nitrogen and oxygen atoms in total. The van der Waals surface area contributed by atoms with Gasteiger partial charge >= 0.3 is 12.1 Å². The van der Waals surface area contributed by atoms with Crippen LogP contribution < -0.4 is 20.9 Å². The van der Waals surface area contributed by atoms with E-state index in [2.05, 4.69) is 30.6 Å². The molecule has 1 unspecified atom stereocenters. The fourth-order valence-electron chi connectivity index (χ4n) is 4.09. The number of amides is 3. The molecular formula is C23H21N8O6S2+. The van der Waals surface area contributed by atoms with Crippen LogP contribution >= 0.6 is 23.1 Å². The molecule has 0 radical (unpaired) electrons. The van der Waals surface area contributed by atoms with Gasteiger partial charge in [-0.25, -0.2) is 24.1 Å². The molecule has 3 aromatic rings. The number of aromatic nitrogens is 3. The summed E-state index contributed by atoms with van der Waals surface area (Å²) in [5.41, 5.74) is 5.64. The third kappa shape index (κ3) is 5.10. The molecule has 5 heterocycles. The van der Waals surface area contributed by atoms with Crippen molar-refractivity contribution in [3.8, 4) is 0 Å². The molecule has 16 heteroatoms. The summed E-state index contributed by atoms with van der Waals surface area (Å²) in [5, 5.41) is 20.6. The number of thiophene rings is 1. The highest BCUT2D eigenvalue weighted by Crippen LogP contribution is 2.40. The molecule has 1 fully saturated rings. The van der Waals surface area contributed by atoms with E-state index in [0.717, 1.165) is 10.1 Å². The van der Waals surface area contributed by atoms with Gasteiger partial charge < -0.3 is 21.5 Å². The quantitative estimate of drug-likeness (QED) is 0.0994. The van der Waals surface area contributed by atoms with Crippen molar-refractivity contribution in [1.29, 1.82) is 0 Å². The highest BCUT2D eigenvalue weighted by atomic mass is 32.2. The number of nitrogens with two attached hydrogens (primary N) is 1. The van der Waals surface area contributed by atoms with Gasteiger partial charge in [0.2, 0.25) is 5.71 Å². The van der Waals surface area contributed by atoms with Crippen molar-refractivity contribution < 1.29 is 33.7 Å². The van der Waals surface area contributed by atoms with Crippen LogP contribution in [0.5, 0.6) is 0 Å². The number of hydrogen-bond acceptors (Lipinski definition) is 11. The first-order valence-electron chi connectivity index (χ1n) is 11.4. The van der Waals surface area contributed by atoms with E-state index in [-0.39, 0.29) is 23.9 Å². The van der Waals surface area contributed by atoms with E-state index < -0.39 is 41.0 Å². The van der Waals surface area contributed by atoms with Crippen molar-refractivity contribution in [3.05, 3.63) is 59.3 Å². The zero-order valence-electron chi connectivity index (χ0n) is 20.2. The van der Waals surface area contributed by atoms with Gasteiger partial charge in [-0.05, 0) is 17.5 Å². The summed E-state index contributed by atoms with van der Waals surface area (Å²) in [6, 6.07) is 4.27. The third-order valence-electron chi connectivity index (χ3n) is 5.89. The molecule has 2 aliphatic rings. The number of nitrogen functional groups attached to an aromatic ring is 1. The van der Waals surface area contributed by atoms with Crippen LogP contribution in [0, 0.1) is 0 Å². The number of β-lactam (4-membered cyclic amide) rings is 1. The normalized spacial score (nSPS) is 18.8. The first kappa shape index (κ1) is 26.1. The number of nitrogens with one attached hydrogen (secondary N) is 2. The first-order valence-corrected chi connectivity index (χ1v) is 13.3. The number of carbonyl (C=O) groups excluding carboxylic acids is 3. The number of aliphatic carboxylic acids is 1. The Bertz CT molecular complexity index is 1570. The van der Waals surface area contributed by atoms with E-state index in [1.807, 2.05) is 34.5 Å². The van der Waals surface area contributed by atoms with E-state index in [4.69, 9.17) is 5.73 Å². The van der Waals surface area contributed by atoms with Crippen LogP contribution in [0.25, 0.3) is 10.1 Å². The predicted molar refractivity (Wildman–Crippen MR) is 140 cm³/mol. The van der Waals surface area contributed by atoms with Gasteiger partial charge in [0, 0.05) is 35.3 Å². The molecule has 0 spiro atoms. The maximum Gasteiger partial charge on any atom is 0.433 e. The Kier molecular flexibility index (Phi) is 7.12. The number of carboxylic acid groups (broad SMARTS) is 1. The minimum Gasteiger partial charge on any atom is -0.477 e. The number of nitrogens with zero attached hydrogens (tertiary/aromatic N) is 5. The summed E-state index contributed by atoms with van der Waals surface area (Å²) in [4.78, 5) is 63.7. The maximum absolute atomic E-state index is 13.1. The molecule has 0 bridgehead atoms. The average Bonchev–Trinajstić information content (AvgIpc) is 3.39. The molecule has 2 aliphatic heterocycles. The molecular weight excluding hydrogens is 548 g/mol. The van der Waals surface area contributed by atoms with Crippen molar-refractivity contribution >= 4 is 68.6 Å². The van der Waals surface area contributed by atoms with Crippen molar-refractivity contribution in [2.45, 2.75) is 18.0 Å². The Hall–Kier alpha value is -4.57. The van der Waals surface area contributed by atoms with Crippen LogP contribution in [0.1, 0.15) is 5.82 Å². The monoisotopic (exact) mass is 569 g/mol. The fourth-order valence-corrected chi connectivity index (χ4v) is 6.19. The lowest BCUT2D eigenvalue weighted by atomic mass is 10.0. The SMILES string of the molecule is CNC(=O)ON=C(C(=O)NC1C(=O)N2C(C(=O)O)=C(C[n+]3ccc4sccc4c3)CS[C@@H]12)c1nccc(N)n1. The number of anilines is 1. The van der Waals surface area contributed by atoms with Gasteiger partial charge in [0.15, 0.2) is 24.8 Å². The summed E-state index contributed by atoms with van der Waals surface area (Å²) in [6.45, 7) is 0.286. The molecule has 0 aliphatic carbocycles. The molecule has 5 rings (SSSR count). The Morgan fingerprint density at radius 1 is 1.33 bits per heavy atom. The average molecular weight is 570 g/mol. The van der Waals surface area contributed by atoms with Gasteiger partial charge in [-0.1, -0.05) is 5.16 Å². The number of carbonyl (C=O) groups is 4. The Morgan fingerprint density at radius 3 is 2.90 bits per heavy atom. The lowest BCUT2D eigenvalue weighted by molar-refractivity contribution is -0.687. The van der Waals surface area contributed by atoms with E-state index >= 15 is 0 Å². The predicted octanol–water partition coefficient (Wildman–Crippen LogP) is 0.0599. The van der Waals surface area contributed by atoms with Crippen LogP contribution in [0.15, 0.2) is 58.6 Å². The van der Waals surface area contributed by atoms with Gasteiger partial charge in [0.1, 0.15) is 22.9 Å². The summed E-state index contributed by atoms with van der Waals surface area (Å²) >= 11 is 2.93. The fraction of sp³-hybridized carbons (Fsp3) is 0.217. The molecule has 2 atom stereocenters. The number of thioether (sulfide) groups is 1. The van der Waals surface area contributed by atoms with Crippen molar-refractivity contribution in [1.82, 2.24) is 25.5 Å². The van der Waals surface area contributed by atoms with Gasteiger partial charge in [-0.3, -0.25) is 19.3 Å².